The summed E-state index contributed by atoms with van der Waals surface area (Å²) in [5.74, 6) is 2.61. The molecule has 2 N–H and O–H groups in total. The van der Waals surface area contributed by atoms with Crippen LogP contribution in [0.1, 0.15) is 26.2 Å². The molecule has 0 aliphatic carbocycles. The van der Waals surface area contributed by atoms with Crippen molar-refractivity contribution in [2.45, 2.75) is 26.2 Å². The van der Waals surface area contributed by atoms with Crippen LogP contribution in [0.3, 0.4) is 0 Å². The van der Waals surface area contributed by atoms with E-state index in [-0.39, 0.29) is 5.91 Å². The summed E-state index contributed by atoms with van der Waals surface area (Å²) >= 11 is 0. The Balaban J connectivity index is 1.66. The van der Waals surface area contributed by atoms with Crippen LogP contribution in [0.2, 0.25) is 0 Å². The van der Waals surface area contributed by atoms with E-state index in [1.165, 1.54) is 0 Å². The van der Waals surface area contributed by atoms with E-state index in [1.54, 1.807) is 7.11 Å². The largest absolute Gasteiger partial charge is 0.497 e. The Kier molecular flexibility index (Phi) is 8.59. The number of aliphatic imine (C=N–C) groups is 1. The molecule has 144 valence electrons. The summed E-state index contributed by atoms with van der Waals surface area (Å²) in [6, 6.07) is 7.55. The van der Waals surface area contributed by atoms with Crippen molar-refractivity contribution in [3.8, 4) is 11.5 Å². The van der Waals surface area contributed by atoms with Crippen LogP contribution in [0, 0.1) is 0 Å². The van der Waals surface area contributed by atoms with E-state index in [0.717, 1.165) is 49.9 Å². The summed E-state index contributed by atoms with van der Waals surface area (Å²) in [5.41, 5.74) is 0. The van der Waals surface area contributed by atoms with Crippen LogP contribution in [0.5, 0.6) is 11.5 Å². The van der Waals surface area contributed by atoms with Gasteiger partial charge in [0.1, 0.15) is 18.1 Å². The first kappa shape index (κ1) is 19.9. The van der Waals surface area contributed by atoms with E-state index >= 15 is 0 Å². The van der Waals surface area contributed by atoms with Crippen molar-refractivity contribution in [2.24, 2.45) is 4.99 Å². The lowest BCUT2D eigenvalue weighted by molar-refractivity contribution is -0.127. The summed E-state index contributed by atoms with van der Waals surface area (Å²) in [7, 11) is 1.64. The molecule has 0 saturated carbocycles. The molecule has 1 fully saturated rings. The van der Waals surface area contributed by atoms with Crippen LogP contribution < -0.4 is 20.1 Å². The summed E-state index contributed by atoms with van der Waals surface area (Å²) in [6.45, 7) is 6.38. The van der Waals surface area contributed by atoms with Gasteiger partial charge in [-0.15, -0.1) is 0 Å². The lowest BCUT2D eigenvalue weighted by Gasteiger charge is -2.15. The summed E-state index contributed by atoms with van der Waals surface area (Å²) in [5, 5.41) is 6.48. The third-order valence-corrected chi connectivity index (χ3v) is 4.08. The minimum absolute atomic E-state index is 0.272. The van der Waals surface area contributed by atoms with Gasteiger partial charge in [-0.25, -0.2) is 0 Å². The second-order valence-electron chi connectivity index (χ2n) is 6.05. The molecule has 1 saturated heterocycles. The van der Waals surface area contributed by atoms with Gasteiger partial charge < -0.3 is 25.0 Å². The normalized spacial score (nSPS) is 14.5. The van der Waals surface area contributed by atoms with E-state index in [4.69, 9.17) is 9.47 Å². The number of rotatable bonds is 10. The molecule has 0 unspecified atom stereocenters. The molecule has 1 aliphatic heterocycles. The first-order chi connectivity index (χ1) is 12.7. The molecule has 2 rings (SSSR count). The fourth-order valence-corrected chi connectivity index (χ4v) is 2.76. The number of guanidine groups is 1. The molecule has 1 aromatic carbocycles. The van der Waals surface area contributed by atoms with E-state index in [0.29, 0.717) is 26.1 Å². The van der Waals surface area contributed by atoms with Crippen molar-refractivity contribution < 1.29 is 14.3 Å². The van der Waals surface area contributed by atoms with Gasteiger partial charge >= 0.3 is 0 Å². The Morgan fingerprint density at radius 1 is 1.31 bits per heavy atom. The number of ether oxygens (including phenoxy) is 2. The minimum atomic E-state index is 0.272. The van der Waals surface area contributed by atoms with Crippen molar-refractivity contribution in [2.75, 3.05) is 46.4 Å². The van der Waals surface area contributed by atoms with Gasteiger partial charge in [-0.3, -0.25) is 9.79 Å². The molecule has 0 aromatic heterocycles. The molecule has 1 aromatic rings. The predicted octanol–water partition coefficient (Wildman–Crippen LogP) is 1.64. The highest BCUT2D eigenvalue weighted by atomic mass is 16.5. The van der Waals surface area contributed by atoms with E-state index in [2.05, 4.69) is 15.6 Å². The van der Waals surface area contributed by atoms with Gasteiger partial charge in [-0.05, 0) is 31.9 Å². The highest BCUT2D eigenvalue weighted by molar-refractivity contribution is 5.79. The zero-order valence-corrected chi connectivity index (χ0v) is 15.8. The first-order valence-electron chi connectivity index (χ1n) is 9.29. The fourth-order valence-electron chi connectivity index (χ4n) is 2.76. The molecule has 1 heterocycles. The van der Waals surface area contributed by atoms with Gasteiger partial charge in [0.15, 0.2) is 5.96 Å². The van der Waals surface area contributed by atoms with Crippen LogP contribution in [0.15, 0.2) is 29.3 Å². The zero-order chi connectivity index (χ0) is 18.6. The minimum Gasteiger partial charge on any atom is -0.497 e. The summed E-state index contributed by atoms with van der Waals surface area (Å²) < 4.78 is 10.9. The maximum absolute atomic E-state index is 11.6. The Morgan fingerprint density at radius 3 is 2.88 bits per heavy atom. The third kappa shape index (κ3) is 6.82. The highest BCUT2D eigenvalue weighted by Crippen LogP contribution is 2.18. The smallest absolute Gasteiger partial charge is 0.222 e. The molecular weight excluding hydrogens is 332 g/mol. The number of hydrogen-bond acceptors (Lipinski definition) is 4. The highest BCUT2D eigenvalue weighted by Gasteiger charge is 2.18. The quantitative estimate of drug-likeness (QED) is 0.376. The molecule has 7 heteroatoms. The van der Waals surface area contributed by atoms with Crippen molar-refractivity contribution in [1.82, 2.24) is 15.5 Å². The van der Waals surface area contributed by atoms with Crippen LogP contribution in [-0.4, -0.2) is 63.2 Å². The Hall–Kier alpha value is -2.44. The second-order valence-corrected chi connectivity index (χ2v) is 6.05. The molecule has 0 radical (unpaired) electrons. The molecular formula is C19H30N4O3. The number of benzene rings is 1. The molecule has 7 nitrogen and oxygen atoms in total. The van der Waals surface area contributed by atoms with Crippen LogP contribution in [0.4, 0.5) is 0 Å². The van der Waals surface area contributed by atoms with Crippen LogP contribution in [-0.2, 0) is 4.79 Å². The van der Waals surface area contributed by atoms with Gasteiger partial charge in [-0.2, -0.15) is 0 Å². The van der Waals surface area contributed by atoms with Crippen LogP contribution >= 0.6 is 0 Å². The van der Waals surface area contributed by atoms with Gasteiger partial charge in [0.2, 0.25) is 5.91 Å². The van der Waals surface area contributed by atoms with Crippen molar-refractivity contribution in [3.05, 3.63) is 24.3 Å². The summed E-state index contributed by atoms with van der Waals surface area (Å²) in [4.78, 5) is 18.1. The van der Waals surface area contributed by atoms with Crippen molar-refractivity contribution in [3.63, 3.8) is 0 Å². The van der Waals surface area contributed by atoms with E-state index in [9.17, 15) is 4.79 Å². The standard InChI is InChI=1S/C19H30N4O3/c1-3-20-19(21-10-6-13-23-12-5-9-18(23)24)22-11-14-26-17-8-4-7-16(15-17)25-2/h4,7-8,15H,3,5-6,9-14H2,1-2H3,(H2,20,21,22). The summed E-state index contributed by atoms with van der Waals surface area (Å²) in [6.07, 6.45) is 2.56. The monoisotopic (exact) mass is 362 g/mol. The Morgan fingerprint density at radius 2 is 2.15 bits per heavy atom. The van der Waals surface area contributed by atoms with Gasteiger partial charge in [-0.1, -0.05) is 6.07 Å². The molecule has 26 heavy (non-hydrogen) atoms. The van der Waals surface area contributed by atoms with Crippen molar-refractivity contribution in [1.29, 1.82) is 0 Å². The SMILES string of the molecule is CCNC(=NCCCN1CCCC1=O)NCCOc1cccc(OC)c1. The molecule has 1 amide bonds. The average Bonchev–Trinajstić information content (AvgIpc) is 3.07. The predicted molar refractivity (Wildman–Crippen MR) is 103 cm³/mol. The van der Waals surface area contributed by atoms with Crippen molar-refractivity contribution >= 4 is 11.9 Å². The van der Waals surface area contributed by atoms with Gasteiger partial charge in [0.05, 0.1) is 13.7 Å². The fraction of sp³-hybridized carbons (Fsp3) is 0.579. The lowest BCUT2D eigenvalue weighted by atomic mass is 10.3. The maximum Gasteiger partial charge on any atom is 0.222 e. The lowest BCUT2D eigenvalue weighted by Crippen LogP contribution is -2.39. The van der Waals surface area contributed by atoms with Gasteiger partial charge in [0, 0.05) is 38.7 Å². The average molecular weight is 362 g/mol. The number of amides is 1. The third-order valence-electron chi connectivity index (χ3n) is 4.08. The number of nitrogens with one attached hydrogen (secondary N) is 2. The van der Waals surface area contributed by atoms with Crippen LogP contribution in [0.25, 0.3) is 0 Å². The van der Waals surface area contributed by atoms with E-state index in [1.807, 2.05) is 36.1 Å². The number of carbonyl (C=O) groups excluding carboxylic acids is 1. The number of methoxy groups -OCH3 is 1. The topological polar surface area (TPSA) is 75.2 Å². The van der Waals surface area contributed by atoms with E-state index < -0.39 is 0 Å². The maximum atomic E-state index is 11.6. The zero-order valence-electron chi connectivity index (χ0n) is 15.8. The first-order valence-corrected chi connectivity index (χ1v) is 9.29. The molecule has 0 bridgehead atoms. The Labute approximate surface area is 155 Å². The second kappa shape index (κ2) is 11.2. The number of carbonyl (C=O) groups is 1. The molecule has 0 spiro atoms. The molecule has 0 atom stereocenters. The van der Waals surface area contributed by atoms with Gasteiger partial charge in [0.25, 0.3) is 0 Å². The molecule has 1 aliphatic rings. The number of likely N-dealkylation sites (tertiary alicyclic amines) is 1. The number of hydrogen-bond donors (Lipinski definition) is 2. The number of nitrogens with zero attached hydrogens (tertiary/aromatic N) is 2. The Bertz CT molecular complexity index is 592.